The summed E-state index contributed by atoms with van der Waals surface area (Å²) in [7, 11) is 1.63. The molecule has 0 aliphatic rings. The molecule has 0 spiro atoms. The van der Waals surface area contributed by atoms with E-state index in [1.165, 1.54) is 10.8 Å². The average molecular weight is 405 g/mol. The van der Waals surface area contributed by atoms with Gasteiger partial charge in [-0.15, -0.1) is 0 Å². The number of hydrogen-bond donors (Lipinski definition) is 4. The maximum Gasteiger partial charge on any atom is 0.161 e. The number of aromatic amines is 1. The van der Waals surface area contributed by atoms with E-state index in [9.17, 15) is 5.11 Å². The van der Waals surface area contributed by atoms with Gasteiger partial charge in [0.05, 0.1) is 13.2 Å². The first-order chi connectivity index (χ1) is 14.7. The maximum atomic E-state index is 10.3. The molecule has 0 aliphatic heterocycles. The van der Waals surface area contributed by atoms with Gasteiger partial charge in [-0.2, -0.15) is 0 Å². The summed E-state index contributed by atoms with van der Waals surface area (Å²) in [5, 5.41) is 19.2. The first-order valence-electron chi connectivity index (χ1n) is 10.1. The van der Waals surface area contributed by atoms with Crippen molar-refractivity contribution in [3.8, 4) is 11.5 Å². The third-order valence-electron chi connectivity index (χ3n) is 5.03. The van der Waals surface area contributed by atoms with Crippen molar-refractivity contribution < 1.29 is 14.6 Å². The second-order valence-corrected chi connectivity index (χ2v) is 7.17. The Balaban J connectivity index is 1.22. The van der Waals surface area contributed by atoms with E-state index in [0.29, 0.717) is 32.0 Å². The highest BCUT2D eigenvalue weighted by Gasteiger charge is 2.07. The summed E-state index contributed by atoms with van der Waals surface area (Å²) in [6, 6.07) is 22.0. The molecule has 4 N–H and O–H groups in total. The van der Waals surface area contributed by atoms with E-state index in [0.717, 1.165) is 22.5 Å². The van der Waals surface area contributed by atoms with Crippen LogP contribution in [0.4, 0.5) is 5.69 Å². The molecule has 1 atom stereocenters. The summed E-state index contributed by atoms with van der Waals surface area (Å²) in [6.07, 6.45) is -0.505. The summed E-state index contributed by atoms with van der Waals surface area (Å²) in [6.45, 7) is 2.08. The van der Waals surface area contributed by atoms with Crippen molar-refractivity contribution in [2.45, 2.75) is 6.10 Å². The maximum absolute atomic E-state index is 10.3. The molecule has 0 radical (unpaired) electrons. The molecule has 1 aromatic heterocycles. The Morgan fingerprint density at radius 3 is 2.53 bits per heavy atom. The van der Waals surface area contributed by atoms with Crippen LogP contribution in [0.3, 0.4) is 0 Å². The standard InChI is InChI=1S/C24H27N3O3/c1-29-23-8-4-5-9-24(23)30-13-12-25-15-18(28)16-26-17-10-11-22-20(14-17)19-6-2-3-7-21(19)27-22/h2-11,14,18,25-28H,12-13,15-16H2,1H3. The molecule has 1 heterocycles. The number of aliphatic hydroxyl groups excluding tert-OH is 1. The Bertz CT molecular complexity index is 1110. The van der Waals surface area contributed by atoms with Crippen LogP contribution < -0.4 is 20.1 Å². The van der Waals surface area contributed by atoms with Crippen molar-refractivity contribution in [2.24, 2.45) is 0 Å². The lowest BCUT2D eigenvalue weighted by Crippen LogP contribution is -2.34. The quantitative estimate of drug-likeness (QED) is 0.302. The van der Waals surface area contributed by atoms with Crippen molar-refractivity contribution in [2.75, 3.05) is 38.7 Å². The molecule has 0 saturated carbocycles. The van der Waals surface area contributed by atoms with E-state index in [1.807, 2.05) is 42.5 Å². The van der Waals surface area contributed by atoms with E-state index in [4.69, 9.17) is 9.47 Å². The van der Waals surface area contributed by atoms with Crippen LogP contribution in [0.2, 0.25) is 0 Å². The van der Waals surface area contributed by atoms with Crippen molar-refractivity contribution in [1.82, 2.24) is 10.3 Å². The zero-order valence-electron chi connectivity index (χ0n) is 17.0. The van der Waals surface area contributed by atoms with Crippen LogP contribution in [-0.2, 0) is 0 Å². The van der Waals surface area contributed by atoms with E-state index in [1.54, 1.807) is 7.11 Å². The van der Waals surface area contributed by atoms with Crippen LogP contribution in [-0.4, -0.2) is 49.5 Å². The van der Waals surface area contributed by atoms with E-state index in [2.05, 4.69) is 39.9 Å². The largest absolute Gasteiger partial charge is 0.493 e. The predicted molar refractivity (Wildman–Crippen MR) is 122 cm³/mol. The molecule has 3 aromatic carbocycles. The molecular formula is C24H27N3O3. The number of fused-ring (bicyclic) bond motifs is 3. The molecule has 156 valence electrons. The van der Waals surface area contributed by atoms with Gasteiger partial charge in [0.25, 0.3) is 0 Å². The van der Waals surface area contributed by atoms with E-state index < -0.39 is 6.10 Å². The fourth-order valence-electron chi connectivity index (χ4n) is 3.51. The Labute approximate surface area is 175 Å². The van der Waals surface area contributed by atoms with Crippen LogP contribution in [0.1, 0.15) is 0 Å². The van der Waals surface area contributed by atoms with Gasteiger partial charge in [-0.1, -0.05) is 30.3 Å². The normalized spacial score (nSPS) is 12.2. The molecule has 4 aromatic rings. The van der Waals surface area contributed by atoms with Gasteiger partial charge < -0.3 is 30.2 Å². The number of nitrogens with one attached hydrogen (secondary N) is 3. The summed E-state index contributed by atoms with van der Waals surface area (Å²) in [5.41, 5.74) is 3.23. The summed E-state index contributed by atoms with van der Waals surface area (Å²) < 4.78 is 11.0. The van der Waals surface area contributed by atoms with Crippen LogP contribution in [0, 0.1) is 0 Å². The zero-order valence-corrected chi connectivity index (χ0v) is 17.0. The van der Waals surface area contributed by atoms with Crippen molar-refractivity contribution in [3.63, 3.8) is 0 Å². The molecule has 30 heavy (non-hydrogen) atoms. The number of benzene rings is 3. The molecule has 6 heteroatoms. The number of methoxy groups -OCH3 is 1. The number of H-pyrrole nitrogens is 1. The Hall–Kier alpha value is -3.22. The van der Waals surface area contributed by atoms with Crippen molar-refractivity contribution >= 4 is 27.5 Å². The van der Waals surface area contributed by atoms with Gasteiger partial charge in [0.15, 0.2) is 11.5 Å². The number of anilines is 1. The predicted octanol–water partition coefficient (Wildman–Crippen LogP) is 3.77. The molecule has 0 saturated heterocycles. The fourth-order valence-corrected chi connectivity index (χ4v) is 3.51. The highest BCUT2D eigenvalue weighted by atomic mass is 16.5. The summed E-state index contributed by atoms with van der Waals surface area (Å²) in [4.78, 5) is 3.42. The van der Waals surface area contributed by atoms with Crippen LogP contribution in [0.5, 0.6) is 11.5 Å². The lowest BCUT2D eigenvalue weighted by molar-refractivity contribution is 0.181. The first-order valence-corrected chi connectivity index (χ1v) is 10.1. The Morgan fingerprint density at radius 1 is 0.900 bits per heavy atom. The van der Waals surface area contributed by atoms with E-state index in [-0.39, 0.29) is 0 Å². The monoisotopic (exact) mass is 405 g/mol. The Morgan fingerprint density at radius 2 is 1.67 bits per heavy atom. The second kappa shape index (κ2) is 9.52. The number of aromatic nitrogens is 1. The zero-order chi connectivity index (χ0) is 20.8. The van der Waals surface area contributed by atoms with Gasteiger partial charge in [-0.05, 0) is 36.4 Å². The van der Waals surface area contributed by atoms with Gasteiger partial charge >= 0.3 is 0 Å². The molecule has 4 rings (SSSR count). The number of rotatable bonds is 10. The SMILES string of the molecule is COc1ccccc1OCCNCC(O)CNc1ccc2[nH]c3ccccc3c2c1. The second-order valence-electron chi connectivity index (χ2n) is 7.17. The van der Waals surface area contributed by atoms with Gasteiger partial charge in [-0.25, -0.2) is 0 Å². The summed E-state index contributed by atoms with van der Waals surface area (Å²) in [5.74, 6) is 1.44. The molecule has 0 bridgehead atoms. The number of ether oxygens (including phenoxy) is 2. The van der Waals surface area contributed by atoms with Crippen LogP contribution in [0.25, 0.3) is 21.8 Å². The molecule has 0 fully saturated rings. The van der Waals surface area contributed by atoms with Gasteiger partial charge in [0.2, 0.25) is 0 Å². The minimum Gasteiger partial charge on any atom is -0.493 e. The molecule has 1 unspecified atom stereocenters. The first kappa shape index (κ1) is 20.1. The third kappa shape index (κ3) is 4.67. The summed E-state index contributed by atoms with van der Waals surface area (Å²) >= 11 is 0. The van der Waals surface area contributed by atoms with Crippen molar-refractivity contribution in [3.05, 3.63) is 66.7 Å². The minimum absolute atomic E-state index is 0.466. The lowest BCUT2D eigenvalue weighted by Gasteiger charge is -2.15. The molecular weight excluding hydrogens is 378 g/mol. The van der Waals surface area contributed by atoms with Crippen LogP contribution >= 0.6 is 0 Å². The Kier molecular flexibility index (Phi) is 6.37. The molecule has 0 aliphatic carbocycles. The van der Waals surface area contributed by atoms with Gasteiger partial charge in [0, 0.05) is 47.1 Å². The number of hydrogen-bond acceptors (Lipinski definition) is 5. The van der Waals surface area contributed by atoms with Gasteiger partial charge in [0.1, 0.15) is 6.61 Å². The fraction of sp³-hybridized carbons (Fsp3) is 0.250. The van der Waals surface area contributed by atoms with E-state index >= 15 is 0 Å². The molecule has 0 amide bonds. The highest BCUT2D eigenvalue weighted by molar-refractivity contribution is 6.08. The van der Waals surface area contributed by atoms with Crippen LogP contribution in [0.15, 0.2) is 66.7 Å². The average Bonchev–Trinajstić information content (AvgIpc) is 3.15. The lowest BCUT2D eigenvalue weighted by atomic mass is 10.1. The van der Waals surface area contributed by atoms with Gasteiger partial charge in [-0.3, -0.25) is 0 Å². The third-order valence-corrected chi connectivity index (χ3v) is 5.03. The van der Waals surface area contributed by atoms with Crippen molar-refractivity contribution in [1.29, 1.82) is 0 Å². The highest BCUT2D eigenvalue weighted by Crippen LogP contribution is 2.27. The minimum atomic E-state index is -0.505. The topological polar surface area (TPSA) is 78.5 Å². The number of aliphatic hydroxyl groups is 1. The molecule has 6 nitrogen and oxygen atoms in total. The smallest absolute Gasteiger partial charge is 0.161 e. The number of para-hydroxylation sites is 3.